The Hall–Kier alpha value is -3.00. The van der Waals surface area contributed by atoms with E-state index in [4.69, 9.17) is 0 Å². The molecule has 0 radical (unpaired) electrons. The highest BCUT2D eigenvalue weighted by molar-refractivity contribution is 7.12. The van der Waals surface area contributed by atoms with E-state index in [2.05, 4.69) is 31.1 Å². The van der Waals surface area contributed by atoms with Crippen molar-refractivity contribution in [3.05, 3.63) is 58.4 Å². The van der Waals surface area contributed by atoms with Crippen molar-refractivity contribution in [2.24, 2.45) is 0 Å². The summed E-state index contributed by atoms with van der Waals surface area (Å²) in [5, 5.41) is 19.2. The molecule has 0 fully saturated rings. The number of thiophene rings is 1. The molecule has 128 valence electrons. The van der Waals surface area contributed by atoms with Crippen LogP contribution in [0.2, 0.25) is 0 Å². The third-order valence-electron chi connectivity index (χ3n) is 3.30. The minimum Gasteiger partial charge on any atom is -0.367 e. The smallest absolute Gasteiger partial charge is 0.261 e. The molecule has 0 aliphatic rings. The molecule has 0 aromatic carbocycles. The lowest BCUT2D eigenvalue weighted by molar-refractivity contribution is 0.0959. The SMILES string of the molecule is Cc1ccnc(Nc2ccc(NCCNC(=O)c3cccs3)nn2)c1. The fraction of sp³-hybridized carbons (Fsp3) is 0.176. The second-order valence-electron chi connectivity index (χ2n) is 5.31. The van der Waals surface area contributed by atoms with E-state index in [0.29, 0.717) is 29.6 Å². The van der Waals surface area contributed by atoms with Gasteiger partial charge in [0.25, 0.3) is 5.91 Å². The highest BCUT2D eigenvalue weighted by atomic mass is 32.1. The van der Waals surface area contributed by atoms with Crippen LogP contribution in [0.15, 0.2) is 48.0 Å². The van der Waals surface area contributed by atoms with Gasteiger partial charge in [-0.3, -0.25) is 4.79 Å². The summed E-state index contributed by atoms with van der Waals surface area (Å²) in [5.41, 5.74) is 1.12. The summed E-state index contributed by atoms with van der Waals surface area (Å²) >= 11 is 1.42. The van der Waals surface area contributed by atoms with Crippen LogP contribution in [0.1, 0.15) is 15.2 Å². The van der Waals surface area contributed by atoms with E-state index in [9.17, 15) is 4.79 Å². The highest BCUT2D eigenvalue weighted by Crippen LogP contribution is 2.13. The van der Waals surface area contributed by atoms with Gasteiger partial charge in [-0.1, -0.05) is 6.07 Å². The molecule has 7 nitrogen and oxygen atoms in total. The Bertz CT molecular complexity index is 819. The average Bonchev–Trinajstić information content (AvgIpc) is 3.15. The van der Waals surface area contributed by atoms with Crippen LogP contribution in [0.5, 0.6) is 0 Å². The lowest BCUT2D eigenvalue weighted by Crippen LogP contribution is -2.28. The van der Waals surface area contributed by atoms with E-state index in [0.717, 1.165) is 11.4 Å². The van der Waals surface area contributed by atoms with Gasteiger partial charge in [0, 0.05) is 19.3 Å². The van der Waals surface area contributed by atoms with E-state index in [1.165, 1.54) is 11.3 Å². The summed E-state index contributed by atoms with van der Waals surface area (Å²) in [7, 11) is 0. The van der Waals surface area contributed by atoms with Crippen LogP contribution in [0.3, 0.4) is 0 Å². The molecule has 0 aliphatic heterocycles. The van der Waals surface area contributed by atoms with Gasteiger partial charge < -0.3 is 16.0 Å². The Labute approximate surface area is 149 Å². The van der Waals surface area contributed by atoms with Crippen LogP contribution in [0.25, 0.3) is 0 Å². The monoisotopic (exact) mass is 354 g/mol. The van der Waals surface area contributed by atoms with Gasteiger partial charge in [-0.15, -0.1) is 21.5 Å². The van der Waals surface area contributed by atoms with E-state index >= 15 is 0 Å². The standard InChI is InChI=1S/C17H18N6OS/c1-12-6-7-18-16(11-12)21-15-5-4-14(22-23-15)19-8-9-20-17(24)13-3-2-10-25-13/h2-7,10-11H,8-9H2,1H3,(H,19,22)(H,20,24)(H,18,21,23). The number of hydrogen-bond acceptors (Lipinski definition) is 7. The van der Waals surface area contributed by atoms with Crippen molar-refractivity contribution in [3.63, 3.8) is 0 Å². The highest BCUT2D eigenvalue weighted by Gasteiger charge is 2.05. The second kappa shape index (κ2) is 8.20. The zero-order chi connectivity index (χ0) is 17.5. The maximum Gasteiger partial charge on any atom is 0.261 e. The van der Waals surface area contributed by atoms with Crippen LogP contribution < -0.4 is 16.0 Å². The zero-order valence-electron chi connectivity index (χ0n) is 13.7. The average molecular weight is 354 g/mol. The summed E-state index contributed by atoms with van der Waals surface area (Å²) in [6.45, 7) is 3.08. The number of nitrogens with one attached hydrogen (secondary N) is 3. The fourth-order valence-corrected chi connectivity index (χ4v) is 2.73. The Morgan fingerprint density at radius 1 is 1.08 bits per heavy atom. The van der Waals surface area contributed by atoms with Crippen molar-refractivity contribution >= 4 is 34.7 Å². The molecule has 25 heavy (non-hydrogen) atoms. The number of nitrogens with zero attached hydrogens (tertiary/aromatic N) is 3. The molecule has 3 aromatic heterocycles. The quantitative estimate of drug-likeness (QED) is 0.565. The molecule has 0 unspecified atom stereocenters. The minimum absolute atomic E-state index is 0.0620. The molecule has 3 heterocycles. The first kappa shape index (κ1) is 16.8. The molecule has 0 saturated carbocycles. The first-order chi connectivity index (χ1) is 12.2. The van der Waals surface area contributed by atoms with Gasteiger partial charge in [0.15, 0.2) is 5.82 Å². The molecule has 3 rings (SSSR count). The van der Waals surface area contributed by atoms with Crippen molar-refractivity contribution in [2.75, 3.05) is 23.7 Å². The molecule has 0 atom stereocenters. The molecule has 3 aromatic rings. The third kappa shape index (κ3) is 4.98. The van der Waals surface area contributed by atoms with Crippen LogP contribution in [-0.2, 0) is 0 Å². The van der Waals surface area contributed by atoms with Crippen molar-refractivity contribution in [1.82, 2.24) is 20.5 Å². The van der Waals surface area contributed by atoms with Crippen LogP contribution in [-0.4, -0.2) is 34.2 Å². The minimum atomic E-state index is -0.0620. The van der Waals surface area contributed by atoms with Gasteiger partial charge in [-0.25, -0.2) is 4.98 Å². The molecule has 1 amide bonds. The van der Waals surface area contributed by atoms with Gasteiger partial charge in [-0.2, -0.15) is 0 Å². The number of anilines is 3. The first-order valence-corrected chi connectivity index (χ1v) is 8.68. The number of pyridine rings is 1. The van der Waals surface area contributed by atoms with Crippen LogP contribution >= 0.6 is 11.3 Å². The van der Waals surface area contributed by atoms with Gasteiger partial charge >= 0.3 is 0 Å². The molecule has 0 aliphatic carbocycles. The molecule has 0 spiro atoms. The number of hydrogen-bond donors (Lipinski definition) is 3. The van der Waals surface area contributed by atoms with Crippen LogP contribution in [0, 0.1) is 6.92 Å². The maximum atomic E-state index is 11.8. The van der Waals surface area contributed by atoms with Crippen LogP contribution in [0.4, 0.5) is 17.5 Å². The Balaban J connectivity index is 1.44. The van der Waals surface area contributed by atoms with E-state index < -0.39 is 0 Å². The number of aryl methyl sites for hydroxylation is 1. The lowest BCUT2D eigenvalue weighted by Gasteiger charge is -2.08. The van der Waals surface area contributed by atoms with E-state index in [1.807, 2.05) is 42.6 Å². The normalized spacial score (nSPS) is 10.3. The molecule has 0 saturated heterocycles. The molecule has 0 bridgehead atoms. The lowest BCUT2D eigenvalue weighted by atomic mass is 10.3. The Morgan fingerprint density at radius 2 is 1.92 bits per heavy atom. The summed E-state index contributed by atoms with van der Waals surface area (Å²) in [4.78, 5) is 16.7. The van der Waals surface area contributed by atoms with Gasteiger partial charge in [0.2, 0.25) is 0 Å². The predicted octanol–water partition coefficient (Wildman–Crippen LogP) is 2.83. The number of aromatic nitrogens is 3. The molecule has 8 heteroatoms. The summed E-state index contributed by atoms with van der Waals surface area (Å²) in [6.07, 6.45) is 1.74. The van der Waals surface area contributed by atoms with Gasteiger partial charge in [0.05, 0.1) is 4.88 Å². The topological polar surface area (TPSA) is 91.8 Å². The van der Waals surface area contributed by atoms with E-state index in [1.54, 1.807) is 12.3 Å². The maximum absolute atomic E-state index is 11.8. The summed E-state index contributed by atoms with van der Waals surface area (Å²) in [5.74, 6) is 1.93. The number of rotatable bonds is 7. The summed E-state index contributed by atoms with van der Waals surface area (Å²) in [6, 6.07) is 11.2. The number of carbonyl (C=O) groups is 1. The second-order valence-corrected chi connectivity index (χ2v) is 6.25. The third-order valence-corrected chi connectivity index (χ3v) is 4.17. The largest absolute Gasteiger partial charge is 0.367 e. The fourth-order valence-electron chi connectivity index (χ4n) is 2.09. The van der Waals surface area contributed by atoms with Gasteiger partial charge in [-0.05, 0) is 48.2 Å². The van der Waals surface area contributed by atoms with Gasteiger partial charge in [0.1, 0.15) is 11.6 Å². The van der Waals surface area contributed by atoms with Crippen molar-refractivity contribution in [3.8, 4) is 0 Å². The van der Waals surface area contributed by atoms with Crippen molar-refractivity contribution in [1.29, 1.82) is 0 Å². The summed E-state index contributed by atoms with van der Waals surface area (Å²) < 4.78 is 0. The Morgan fingerprint density at radius 3 is 2.64 bits per heavy atom. The zero-order valence-corrected chi connectivity index (χ0v) is 14.5. The molecular weight excluding hydrogens is 336 g/mol. The predicted molar refractivity (Wildman–Crippen MR) is 99.4 cm³/mol. The number of carbonyl (C=O) groups excluding carboxylic acids is 1. The van der Waals surface area contributed by atoms with Crippen molar-refractivity contribution in [2.45, 2.75) is 6.92 Å². The first-order valence-electron chi connectivity index (χ1n) is 7.80. The number of amides is 1. The van der Waals surface area contributed by atoms with Crippen molar-refractivity contribution < 1.29 is 4.79 Å². The Kier molecular flexibility index (Phi) is 5.53. The molecular formula is C17H18N6OS. The van der Waals surface area contributed by atoms with E-state index in [-0.39, 0.29) is 5.91 Å². The molecule has 3 N–H and O–H groups in total.